The molecular formula is C22H20N6O11S2. The summed E-state index contributed by atoms with van der Waals surface area (Å²) in [4.78, 5) is 70.6. The number of nitrogens with one attached hydrogen (secondary N) is 1. The molecule has 216 valence electrons. The summed E-state index contributed by atoms with van der Waals surface area (Å²) < 4.78 is 4.67. The zero-order valence-electron chi connectivity index (χ0n) is 20.5. The van der Waals surface area contributed by atoms with Gasteiger partial charge in [-0.3, -0.25) is 14.5 Å². The molecule has 3 amide bonds. The molecule has 2 aliphatic rings. The first-order valence-electron chi connectivity index (χ1n) is 11.2. The van der Waals surface area contributed by atoms with Crippen LogP contribution in [-0.4, -0.2) is 89.6 Å². The van der Waals surface area contributed by atoms with Crippen molar-refractivity contribution in [1.82, 2.24) is 15.2 Å². The number of fused-ring (bicyclic) bond motifs is 1. The highest BCUT2D eigenvalue weighted by atomic mass is 32.2. The lowest BCUT2D eigenvalue weighted by molar-refractivity contribution is -0.150. The van der Waals surface area contributed by atoms with Crippen LogP contribution >= 0.6 is 23.1 Å². The summed E-state index contributed by atoms with van der Waals surface area (Å²) in [5.74, 6) is -6.17. The van der Waals surface area contributed by atoms with Gasteiger partial charge in [-0.15, -0.1) is 23.1 Å². The van der Waals surface area contributed by atoms with Gasteiger partial charge in [-0.05, 0) is 6.07 Å². The van der Waals surface area contributed by atoms with Gasteiger partial charge >= 0.3 is 18.0 Å². The van der Waals surface area contributed by atoms with Crippen molar-refractivity contribution in [2.45, 2.75) is 18.0 Å². The molecule has 0 saturated carbocycles. The Morgan fingerprint density at radius 1 is 1.17 bits per heavy atom. The second-order valence-electron chi connectivity index (χ2n) is 8.28. The lowest BCUT2D eigenvalue weighted by atomic mass is 10.0. The summed E-state index contributed by atoms with van der Waals surface area (Å²) in [6, 6.07) is 1.04. The van der Waals surface area contributed by atoms with Crippen LogP contribution in [-0.2, 0) is 30.6 Å². The number of nitrogens with two attached hydrogens (primary N) is 2. The average Bonchev–Trinajstić information content (AvgIpc) is 3.34. The Labute approximate surface area is 237 Å². The van der Waals surface area contributed by atoms with Crippen LogP contribution in [0.15, 0.2) is 33.9 Å². The van der Waals surface area contributed by atoms with E-state index in [0.717, 1.165) is 34.1 Å². The van der Waals surface area contributed by atoms with Crippen molar-refractivity contribution in [1.29, 1.82) is 0 Å². The molecule has 0 unspecified atom stereocenters. The molecule has 17 nitrogen and oxygen atoms in total. The van der Waals surface area contributed by atoms with E-state index in [2.05, 4.69) is 20.2 Å². The van der Waals surface area contributed by atoms with E-state index < -0.39 is 77.2 Å². The predicted molar refractivity (Wildman–Crippen MR) is 140 cm³/mol. The number of oxime groups is 1. The summed E-state index contributed by atoms with van der Waals surface area (Å²) in [6.07, 6.45) is -1.12. The van der Waals surface area contributed by atoms with E-state index >= 15 is 0 Å². The summed E-state index contributed by atoms with van der Waals surface area (Å²) in [7, 11) is 0. The fourth-order valence-electron chi connectivity index (χ4n) is 3.91. The summed E-state index contributed by atoms with van der Waals surface area (Å²) >= 11 is 2.09. The van der Waals surface area contributed by atoms with Crippen LogP contribution in [0.25, 0.3) is 0 Å². The lowest BCUT2D eigenvalue weighted by Crippen LogP contribution is -2.71. The maximum Gasteiger partial charge on any atom is 0.404 e. The summed E-state index contributed by atoms with van der Waals surface area (Å²) in [5, 5.41) is 45.4. The van der Waals surface area contributed by atoms with E-state index in [1.165, 1.54) is 11.4 Å². The first-order valence-corrected chi connectivity index (χ1v) is 13.1. The number of carbonyl (C=O) groups excluding carboxylic acids is 3. The maximum absolute atomic E-state index is 13.2. The van der Waals surface area contributed by atoms with Gasteiger partial charge in [0.1, 0.15) is 41.6 Å². The molecule has 0 radical (unpaired) electrons. The number of aromatic nitrogens is 1. The van der Waals surface area contributed by atoms with Gasteiger partial charge in [0.25, 0.3) is 11.8 Å². The lowest BCUT2D eigenvalue weighted by Gasteiger charge is -2.49. The Morgan fingerprint density at radius 2 is 1.90 bits per heavy atom. The molecule has 1 fully saturated rings. The minimum Gasteiger partial charge on any atom is -0.504 e. The Balaban J connectivity index is 1.54. The van der Waals surface area contributed by atoms with Crippen molar-refractivity contribution in [2.75, 3.05) is 18.1 Å². The number of anilines is 1. The van der Waals surface area contributed by atoms with E-state index in [0.29, 0.717) is 0 Å². The number of amides is 3. The molecule has 1 aromatic heterocycles. The fraction of sp³-hybridized carbons (Fsp3) is 0.227. The van der Waals surface area contributed by atoms with Gasteiger partial charge in [0.05, 0.1) is 0 Å². The number of aromatic carboxylic acids is 1. The monoisotopic (exact) mass is 608 g/mol. The number of hydrogen-bond acceptors (Lipinski definition) is 14. The molecular weight excluding hydrogens is 588 g/mol. The fourth-order valence-corrected chi connectivity index (χ4v) is 5.79. The number of benzene rings is 1. The Kier molecular flexibility index (Phi) is 8.19. The van der Waals surface area contributed by atoms with Gasteiger partial charge < -0.3 is 46.8 Å². The minimum atomic E-state index is -1.55. The van der Waals surface area contributed by atoms with Gasteiger partial charge in [0, 0.05) is 22.3 Å². The maximum atomic E-state index is 13.2. The molecule has 0 aliphatic carbocycles. The van der Waals surface area contributed by atoms with Crippen molar-refractivity contribution < 1.29 is 54.0 Å². The van der Waals surface area contributed by atoms with Crippen LogP contribution in [0.3, 0.4) is 0 Å². The number of rotatable bonds is 10. The average molecular weight is 609 g/mol. The number of carbonyl (C=O) groups is 5. The predicted octanol–water partition coefficient (Wildman–Crippen LogP) is -0.410. The van der Waals surface area contributed by atoms with Crippen molar-refractivity contribution in [3.05, 3.63) is 45.6 Å². The number of carboxylic acid groups (broad SMARTS) is 2. The normalized spacial score (nSPS) is 18.3. The zero-order chi connectivity index (χ0) is 30.0. The van der Waals surface area contributed by atoms with Crippen LogP contribution in [0.1, 0.15) is 21.6 Å². The van der Waals surface area contributed by atoms with E-state index in [4.69, 9.17) is 16.3 Å². The molecule has 19 heteroatoms. The van der Waals surface area contributed by atoms with E-state index in [1.807, 2.05) is 0 Å². The second-order valence-corrected chi connectivity index (χ2v) is 10.3. The molecule has 1 aromatic carbocycles. The number of phenolic OH excluding ortho intramolecular Hbond substituents is 1. The van der Waals surface area contributed by atoms with E-state index in [9.17, 15) is 44.4 Å². The summed E-state index contributed by atoms with van der Waals surface area (Å²) in [6.45, 7) is -0.983. The van der Waals surface area contributed by atoms with E-state index in [1.54, 1.807) is 0 Å². The first kappa shape index (κ1) is 29.0. The third kappa shape index (κ3) is 5.79. The molecule has 0 bridgehead atoms. The number of nitrogens with zero attached hydrogens (tertiary/aromatic N) is 3. The highest BCUT2D eigenvalue weighted by Gasteiger charge is 2.54. The number of thiazole rings is 1. The van der Waals surface area contributed by atoms with Crippen LogP contribution in [0.2, 0.25) is 0 Å². The third-order valence-electron chi connectivity index (χ3n) is 5.74. The van der Waals surface area contributed by atoms with Crippen LogP contribution < -0.4 is 16.8 Å². The van der Waals surface area contributed by atoms with Crippen molar-refractivity contribution in [3.63, 3.8) is 0 Å². The molecule has 1 saturated heterocycles. The number of thioether (sulfide) groups is 1. The Morgan fingerprint density at radius 3 is 2.51 bits per heavy atom. The number of β-lactam (4-membered cyclic amide) rings is 1. The number of ether oxygens (including phenoxy) is 1. The van der Waals surface area contributed by atoms with E-state index in [-0.39, 0.29) is 33.4 Å². The number of aromatic hydroxyl groups is 2. The second kappa shape index (κ2) is 11.6. The number of primary amides is 1. The van der Waals surface area contributed by atoms with Crippen LogP contribution in [0, 0.1) is 0 Å². The van der Waals surface area contributed by atoms with Crippen LogP contribution in [0.5, 0.6) is 11.5 Å². The highest BCUT2D eigenvalue weighted by molar-refractivity contribution is 8.00. The highest BCUT2D eigenvalue weighted by Crippen LogP contribution is 2.40. The van der Waals surface area contributed by atoms with Gasteiger partial charge in [-0.1, -0.05) is 11.2 Å². The smallest absolute Gasteiger partial charge is 0.404 e. The molecule has 2 atom stereocenters. The standard InChI is InChI=1S/C22H20N6O11S2/c23-21-25-9(6-41-21)12(27-39-4-7-1-2-10(29)15(30)11(7)19(33)34)16(31)26-13-17(32)28-14(20(35)36)8(3-38-22(24)37)5-40-18(13)28/h1-2,6,13,18,29-30H,3-5H2,(H2,23,25)(H2,24,37)(H,26,31)(H,33,34)(H,35,36)/b27-12-/t13-,18-/m1/s1. The number of phenols is 2. The van der Waals surface area contributed by atoms with Gasteiger partial charge in [0.15, 0.2) is 22.3 Å². The SMILES string of the molecule is NC(=O)OCC1=C(C(=O)O)N2C(=O)[C@@H](NC(=O)/C(=N\OCc3ccc(O)c(O)c3C(=O)O)c3csc(N)n3)[C@H]2SC1. The molecule has 0 spiro atoms. The van der Waals surface area contributed by atoms with Crippen LogP contribution in [0.4, 0.5) is 9.93 Å². The van der Waals surface area contributed by atoms with Gasteiger partial charge in [-0.25, -0.2) is 19.4 Å². The quantitative estimate of drug-likeness (QED) is 0.0781. The summed E-state index contributed by atoms with van der Waals surface area (Å²) in [5.41, 5.74) is 9.18. The molecule has 2 aliphatic heterocycles. The van der Waals surface area contributed by atoms with Crippen molar-refractivity contribution >= 4 is 63.8 Å². The van der Waals surface area contributed by atoms with Gasteiger partial charge in [-0.2, -0.15) is 0 Å². The van der Waals surface area contributed by atoms with Crippen molar-refractivity contribution in [2.24, 2.45) is 10.9 Å². The molecule has 3 heterocycles. The van der Waals surface area contributed by atoms with Crippen molar-refractivity contribution in [3.8, 4) is 11.5 Å². The minimum absolute atomic E-state index is 0.0334. The molecule has 4 rings (SSSR count). The topological polar surface area (TPSA) is 277 Å². The molecule has 9 N–H and O–H groups in total. The van der Waals surface area contributed by atoms with Gasteiger partial charge in [0.2, 0.25) is 0 Å². The number of nitrogen functional groups attached to an aromatic ring is 1. The number of aliphatic carboxylic acids is 1. The zero-order valence-corrected chi connectivity index (χ0v) is 22.1. The first-order chi connectivity index (χ1) is 19.4. The number of hydrogen-bond donors (Lipinski definition) is 7. The Bertz CT molecular complexity index is 1520. The number of carboxylic acids is 2. The Hall–Kier alpha value is -5.04. The molecule has 41 heavy (non-hydrogen) atoms. The largest absolute Gasteiger partial charge is 0.504 e. The third-order valence-corrected chi connectivity index (χ3v) is 7.75. The molecule has 2 aromatic rings.